The van der Waals surface area contributed by atoms with Crippen LogP contribution in [0.3, 0.4) is 0 Å². The lowest BCUT2D eigenvalue weighted by Gasteiger charge is -2.30. The van der Waals surface area contributed by atoms with Gasteiger partial charge in [0, 0.05) is 25.4 Å². The molecule has 7 nitrogen and oxygen atoms in total. The summed E-state index contributed by atoms with van der Waals surface area (Å²) in [7, 11) is -4.79. The molecular weight excluding hydrogens is 530 g/mol. The van der Waals surface area contributed by atoms with Gasteiger partial charge in [-0.1, -0.05) is 62.1 Å². The molecule has 0 saturated heterocycles. The summed E-state index contributed by atoms with van der Waals surface area (Å²) in [6.45, 7) is 9.79. The molecule has 1 heterocycles. The number of pyridine rings is 1. The summed E-state index contributed by atoms with van der Waals surface area (Å²) in [4.78, 5) is 5.17. The third-order valence-corrected chi connectivity index (χ3v) is 10.6. The number of benzene rings is 2. The molecule has 0 saturated carbocycles. The molecule has 0 radical (unpaired) electrons. The highest BCUT2D eigenvalue weighted by atomic mass is 32.2. The van der Waals surface area contributed by atoms with Gasteiger partial charge in [0.25, 0.3) is 20.0 Å². The minimum atomic E-state index is -3.93. The van der Waals surface area contributed by atoms with Crippen molar-refractivity contribution in [2.24, 2.45) is 0 Å². The third kappa shape index (κ3) is 6.47. The number of hydrogen-bond acceptors (Lipinski definition) is 5. The van der Waals surface area contributed by atoms with Crippen LogP contribution in [0.1, 0.15) is 67.5 Å². The summed E-state index contributed by atoms with van der Waals surface area (Å²) in [6.07, 6.45) is 4.55. The normalized spacial score (nSPS) is 12.0. The Balaban J connectivity index is 2.31. The molecule has 0 fully saturated rings. The predicted molar refractivity (Wildman–Crippen MR) is 160 cm³/mol. The van der Waals surface area contributed by atoms with Gasteiger partial charge in [0.05, 0.1) is 15.5 Å². The lowest BCUT2D eigenvalue weighted by molar-refractivity contribution is 0.593. The van der Waals surface area contributed by atoms with Gasteiger partial charge in [0.15, 0.2) is 0 Å². The maximum atomic E-state index is 13.9. The van der Waals surface area contributed by atoms with Gasteiger partial charge >= 0.3 is 0 Å². The van der Waals surface area contributed by atoms with Crippen LogP contribution < -0.4 is 8.61 Å². The summed E-state index contributed by atoms with van der Waals surface area (Å²) >= 11 is 0. The first-order valence-corrected chi connectivity index (χ1v) is 16.4. The van der Waals surface area contributed by atoms with E-state index in [0.717, 1.165) is 42.4 Å². The summed E-state index contributed by atoms with van der Waals surface area (Å²) in [6, 6.07) is 13.5. The van der Waals surface area contributed by atoms with Crippen LogP contribution in [0.5, 0.6) is 0 Å². The molecule has 0 amide bonds. The van der Waals surface area contributed by atoms with Crippen LogP contribution in [0.4, 0.5) is 11.5 Å². The maximum Gasteiger partial charge on any atom is 0.265 e. The monoisotopic (exact) mass is 571 g/mol. The molecule has 0 aliphatic heterocycles. The van der Waals surface area contributed by atoms with Gasteiger partial charge in [-0.2, -0.15) is 0 Å². The van der Waals surface area contributed by atoms with E-state index in [1.165, 1.54) is 15.7 Å². The molecule has 3 aromatic rings. The van der Waals surface area contributed by atoms with E-state index < -0.39 is 20.0 Å². The quantitative estimate of drug-likeness (QED) is 0.253. The molecule has 0 unspecified atom stereocenters. The molecule has 9 heteroatoms. The SMILES string of the molecule is CCCCc1c(C)nc(N(C)S(=O)(=O)c2ccc(C)cc2)c(CCCC)c1N(C)S(=O)(=O)c1ccc(C)cc1. The molecule has 3 rings (SSSR count). The molecule has 1 aromatic heterocycles. The van der Waals surface area contributed by atoms with Crippen LogP contribution in [-0.4, -0.2) is 35.9 Å². The highest BCUT2D eigenvalue weighted by molar-refractivity contribution is 7.93. The van der Waals surface area contributed by atoms with Crippen molar-refractivity contribution in [1.82, 2.24) is 4.98 Å². The smallest absolute Gasteiger partial charge is 0.265 e. The van der Waals surface area contributed by atoms with E-state index in [1.807, 2.05) is 20.8 Å². The first-order valence-electron chi connectivity index (χ1n) is 13.5. The Labute approximate surface area is 235 Å². The van der Waals surface area contributed by atoms with Gasteiger partial charge in [0.1, 0.15) is 5.82 Å². The highest BCUT2D eigenvalue weighted by Crippen LogP contribution is 2.39. The van der Waals surface area contributed by atoms with Gasteiger partial charge in [-0.15, -0.1) is 0 Å². The van der Waals surface area contributed by atoms with Gasteiger partial charge < -0.3 is 0 Å². The Morgan fingerprint density at radius 1 is 0.641 bits per heavy atom. The van der Waals surface area contributed by atoms with E-state index >= 15 is 0 Å². The highest BCUT2D eigenvalue weighted by Gasteiger charge is 2.32. The fourth-order valence-electron chi connectivity index (χ4n) is 4.60. The Morgan fingerprint density at radius 3 is 1.49 bits per heavy atom. The fraction of sp³-hybridized carbons (Fsp3) is 0.433. The Bertz CT molecular complexity index is 1500. The number of unbranched alkanes of at least 4 members (excludes halogenated alkanes) is 2. The Kier molecular flexibility index (Phi) is 9.83. The second-order valence-corrected chi connectivity index (χ2v) is 14.0. The molecule has 0 aliphatic rings. The third-order valence-electron chi connectivity index (χ3n) is 7.08. The van der Waals surface area contributed by atoms with Gasteiger partial charge in [-0.05, 0) is 76.3 Å². The number of sulfonamides is 2. The second-order valence-electron chi connectivity index (χ2n) is 10.1. The summed E-state index contributed by atoms with van der Waals surface area (Å²) < 4.78 is 57.8. The van der Waals surface area contributed by atoms with E-state index in [9.17, 15) is 16.8 Å². The van der Waals surface area contributed by atoms with Crippen LogP contribution in [0.15, 0.2) is 58.3 Å². The number of aromatic nitrogens is 1. The summed E-state index contributed by atoms with van der Waals surface area (Å²) in [5.74, 6) is 0.266. The maximum absolute atomic E-state index is 13.9. The zero-order valence-electron chi connectivity index (χ0n) is 24.2. The molecule has 39 heavy (non-hydrogen) atoms. The standard InChI is InChI=1S/C30H41N3O4S2/c1-8-10-12-27-24(5)31-30(33(7)39(36,37)26-20-16-23(4)17-21-26)28(13-11-9-2)29(27)32(6)38(34,35)25-18-14-22(3)15-19-25/h14-21H,8-13H2,1-7H3. The van der Waals surface area contributed by atoms with Crippen molar-refractivity contribution in [3.8, 4) is 0 Å². The molecule has 2 aromatic carbocycles. The van der Waals surface area contributed by atoms with Crippen molar-refractivity contribution in [2.45, 2.75) is 82.9 Å². The molecule has 0 spiro atoms. The topological polar surface area (TPSA) is 87.7 Å². The van der Waals surface area contributed by atoms with E-state index in [-0.39, 0.29) is 15.6 Å². The Morgan fingerprint density at radius 2 is 1.05 bits per heavy atom. The van der Waals surface area contributed by atoms with Crippen molar-refractivity contribution in [1.29, 1.82) is 0 Å². The van der Waals surface area contributed by atoms with Crippen LogP contribution in [-0.2, 0) is 32.9 Å². The van der Waals surface area contributed by atoms with Crippen LogP contribution in [0.25, 0.3) is 0 Å². The second kappa shape index (κ2) is 12.5. The van der Waals surface area contributed by atoms with Gasteiger partial charge in [0.2, 0.25) is 0 Å². The van der Waals surface area contributed by atoms with Crippen molar-refractivity contribution in [3.05, 3.63) is 76.5 Å². The number of hydrogen-bond donors (Lipinski definition) is 0. The minimum Gasteiger partial charge on any atom is -0.269 e. The fourth-order valence-corrected chi connectivity index (χ4v) is 7.03. The first kappa shape index (κ1) is 30.6. The molecule has 0 atom stereocenters. The lowest BCUT2D eigenvalue weighted by Crippen LogP contribution is -2.33. The molecule has 0 aliphatic carbocycles. The summed E-state index contributed by atoms with van der Waals surface area (Å²) in [5, 5.41) is 0. The number of anilines is 2. The number of nitrogens with zero attached hydrogens (tertiary/aromatic N) is 3. The molecule has 0 N–H and O–H groups in total. The van der Waals surface area contributed by atoms with Gasteiger partial charge in [-0.3, -0.25) is 8.61 Å². The van der Waals surface area contributed by atoms with Crippen LogP contribution in [0, 0.1) is 20.8 Å². The van der Waals surface area contributed by atoms with Crippen molar-refractivity contribution in [3.63, 3.8) is 0 Å². The van der Waals surface area contributed by atoms with Crippen molar-refractivity contribution < 1.29 is 16.8 Å². The van der Waals surface area contributed by atoms with E-state index in [2.05, 4.69) is 13.8 Å². The van der Waals surface area contributed by atoms with E-state index in [0.29, 0.717) is 29.8 Å². The average molecular weight is 572 g/mol. The van der Waals surface area contributed by atoms with E-state index in [1.54, 1.807) is 55.6 Å². The molecule has 212 valence electrons. The van der Waals surface area contributed by atoms with Crippen LogP contribution in [0.2, 0.25) is 0 Å². The minimum absolute atomic E-state index is 0.161. The summed E-state index contributed by atoms with van der Waals surface area (Å²) in [5.41, 5.74) is 4.56. The van der Waals surface area contributed by atoms with Crippen molar-refractivity contribution in [2.75, 3.05) is 22.7 Å². The van der Waals surface area contributed by atoms with Crippen molar-refractivity contribution >= 4 is 31.6 Å². The van der Waals surface area contributed by atoms with Gasteiger partial charge in [-0.25, -0.2) is 21.8 Å². The first-order chi connectivity index (χ1) is 18.4. The molecule has 0 bridgehead atoms. The Hall–Kier alpha value is -2.91. The molecular formula is C30H41N3O4S2. The zero-order chi connectivity index (χ0) is 29.0. The largest absolute Gasteiger partial charge is 0.269 e. The average Bonchev–Trinajstić information content (AvgIpc) is 2.90. The zero-order valence-corrected chi connectivity index (χ0v) is 25.8. The van der Waals surface area contributed by atoms with E-state index in [4.69, 9.17) is 4.98 Å². The number of aryl methyl sites for hydroxylation is 3. The lowest BCUT2D eigenvalue weighted by atomic mass is 9.98. The number of rotatable bonds is 12. The predicted octanol–water partition coefficient (Wildman–Crippen LogP) is 6.34. The van der Waals surface area contributed by atoms with Crippen LogP contribution >= 0.6 is 0 Å².